The van der Waals surface area contributed by atoms with Gasteiger partial charge in [0.25, 0.3) is 0 Å². The van der Waals surface area contributed by atoms with Crippen molar-refractivity contribution >= 4 is 11.8 Å². The summed E-state index contributed by atoms with van der Waals surface area (Å²) in [6, 6.07) is 0.207. The van der Waals surface area contributed by atoms with E-state index in [2.05, 4.69) is 5.32 Å². The summed E-state index contributed by atoms with van der Waals surface area (Å²) in [5.41, 5.74) is 5.49. The van der Waals surface area contributed by atoms with E-state index >= 15 is 0 Å². The second kappa shape index (κ2) is 7.07. The number of carbonyl (C=O) groups excluding carboxylic acids is 2. The lowest BCUT2D eigenvalue weighted by Crippen LogP contribution is -2.44. The van der Waals surface area contributed by atoms with Crippen molar-refractivity contribution in [3.05, 3.63) is 0 Å². The van der Waals surface area contributed by atoms with E-state index in [1.54, 1.807) is 0 Å². The normalized spacial score (nSPS) is 18.8. The van der Waals surface area contributed by atoms with Crippen LogP contribution in [0.1, 0.15) is 47.0 Å². The van der Waals surface area contributed by atoms with Gasteiger partial charge in [-0.2, -0.15) is 0 Å². The Labute approximate surface area is 122 Å². The summed E-state index contributed by atoms with van der Waals surface area (Å²) < 4.78 is 0. The van der Waals surface area contributed by atoms with Gasteiger partial charge >= 0.3 is 0 Å². The molecule has 0 saturated carbocycles. The van der Waals surface area contributed by atoms with Crippen molar-refractivity contribution in [2.75, 3.05) is 19.6 Å². The van der Waals surface area contributed by atoms with E-state index in [1.807, 2.05) is 32.6 Å². The Balaban J connectivity index is 2.26. The molecule has 2 amide bonds. The number of likely N-dealkylation sites (tertiary alicyclic amines) is 1. The van der Waals surface area contributed by atoms with Crippen molar-refractivity contribution in [2.45, 2.75) is 53.0 Å². The van der Waals surface area contributed by atoms with Gasteiger partial charge in [0.1, 0.15) is 0 Å². The molecule has 0 radical (unpaired) electrons. The van der Waals surface area contributed by atoms with Crippen LogP contribution in [0.2, 0.25) is 0 Å². The lowest BCUT2D eigenvalue weighted by Gasteiger charge is -2.33. The lowest BCUT2D eigenvalue weighted by atomic mass is 9.91. The lowest BCUT2D eigenvalue weighted by molar-refractivity contribution is -0.133. The highest BCUT2D eigenvalue weighted by Gasteiger charge is 2.25. The minimum absolute atomic E-state index is 0.0130. The van der Waals surface area contributed by atoms with Gasteiger partial charge in [-0.25, -0.2) is 0 Å². The van der Waals surface area contributed by atoms with Gasteiger partial charge in [0, 0.05) is 37.5 Å². The molecule has 1 atom stereocenters. The smallest absolute Gasteiger partial charge is 0.225 e. The first-order valence-corrected chi connectivity index (χ1v) is 7.53. The Bertz CT molecular complexity index is 340. The standard InChI is InChI=1S/C15H29N3O2/c1-11(16)12-6-9-18(10-7-12)13(19)5-8-17-14(20)15(2,3)4/h11-12H,5-10,16H2,1-4H3,(H,17,20). The molecule has 1 rings (SSSR count). The summed E-state index contributed by atoms with van der Waals surface area (Å²) in [7, 11) is 0. The number of carbonyl (C=O) groups is 2. The van der Waals surface area contributed by atoms with Crippen LogP contribution in [-0.4, -0.2) is 42.4 Å². The van der Waals surface area contributed by atoms with Crippen LogP contribution in [0.3, 0.4) is 0 Å². The number of nitrogens with zero attached hydrogens (tertiary/aromatic N) is 1. The molecule has 1 aliphatic heterocycles. The molecular weight excluding hydrogens is 254 g/mol. The van der Waals surface area contributed by atoms with Crippen molar-refractivity contribution in [3.8, 4) is 0 Å². The van der Waals surface area contributed by atoms with Crippen LogP contribution in [0.15, 0.2) is 0 Å². The van der Waals surface area contributed by atoms with Gasteiger partial charge in [-0.05, 0) is 25.7 Å². The topological polar surface area (TPSA) is 75.4 Å². The minimum Gasteiger partial charge on any atom is -0.355 e. The van der Waals surface area contributed by atoms with E-state index < -0.39 is 5.41 Å². The Kier molecular flexibility index (Phi) is 5.99. The van der Waals surface area contributed by atoms with E-state index in [4.69, 9.17) is 5.73 Å². The van der Waals surface area contributed by atoms with E-state index in [0.29, 0.717) is 18.9 Å². The molecule has 5 heteroatoms. The van der Waals surface area contributed by atoms with Crippen molar-refractivity contribution in [2.24, 2.45) is 17.1 Å². The van der Waals surface area contributed by atoms with Crippen LogP contribution < -0.4 is 11.1 Å². The van der Waals surface area contributed by atoms with Gasteiger partial charge in [0.2, 0.25) is 11.8 Å². The quantitative estimate of drug-likeness (QED) is 0.812. The maximum atomic E-state index is 12.0. The second-order valence-corrected chi connectivity index (χ2v) is 6.83. The Hall–Kier alpha value is -1.10. The molecule has 20 heavy (non-hydrogen) atoms. The molecule has 1 unspecified atom stereocenters. The number of piperidine rings is 1. The van der Waals surface area contributed by atoms with Crippen LogP contribution in [-0.2, 0) is 9.59 Å². The highest BCUT2D eigenvalue weighted by atomic mass is 16.2. The molecule has 5 nitrogen and oxygen atoms in total. The minimum atomic E-state index is -0.404. The molecule has 0 aliphatic carbocycles. The SMILES string of the molecule is CC(N)C1CCN(C(=O)CCNC(=O)C(C)(C)C)CC1. The molecule has 0 spiro atoms. The third kappa shape index (κ3) is 5.12. The average molecular weight is 283 g/mol. The molecule has 3 N–H and O–H groups in total. The highest BCUT2D eigenvalue weighted by Crippen LogP contribution is 2.20. The van der Waals surface area contributed by atoms with Crippen LogP contribution in [0.25, 0.3) is 0 Å². The van der Waals surface area contributed by atoms with Gasteiger partial charge in [-0.3, -0.25) is 9.59 Å². The Morgan fingerprint density at radius 1 is 1.30 bits per heavy atom. The maximum absolute atomic E-state index is 12.0. The second-order valence-electron chi connectivity index (χ2n) is 6.83. The van der Waals surface area contributed by atoms with Gasteiger partial charge in [0.05, 0.1) is 0 Å². The number of nitrogens with two attached hydrogens (primary N) is 1. The first kappa shape index (κ1) is 17.0. The maximum Gasteiger partial charge on any atom is 0.225 e. The molecule has 116 valence electrons. The third-order valence-corrected chi connectivity index (χ3v) is 3.94. The zero-order valence-electron chi connectivity index (χ0n) is 13.2. The number of rotatable bonds is 4. The summed E-state index contributed by atoms with van der Waals surface area (Å²) >= 11 is 0. The van der Waals surface area contributed by atoms with Crippen molar-refractivity contribution in [3.63, 3.8) is 0 Å². The number of hydrogen-bond donors (Lipinski definition) is 2. The zero-order chi connectivity index (χ0) is 15.3. The fraction of sp³-hybridized carbons (Fsp3) is 0.867. The summed E-state index contributed by atoms with van der Waals surface area (Å²) in [5.74, 6) is 0.642. The molecule has 0 aromatic carbocycles. The van der Waals surface area contributed by atoms with Gasteiger partial charge in [-0.15, -0.1) is 0 Å². The van der Waals surface area contributed by atoms with E-state index in [0.717, 1.165) is 25.9 Å². The summed E-state index contributed by atoms with van der Waals surface area (Å²) in [6.07, 6.45) is 2.35. The van der Waals surface area contributed by atoms with Crippen LogP contribution >= 0.6 is 0 Å². The monoisotopic (exact) mass is 283 g/mol. The van der Waals surface area contributed by atoms with Gasteiger partial charge in [0.15, 0.2) is 0 Å². The average Bonchev–Trinajstić information content (AvgIpc) is 2.37. The number of hydrogen-bond acceptors (Lipinski definition) is 3. The molecule has 1 saturated heterocycles. The number of nitrogens with one attached hydrogen (secondary N) is 1. The van der Waals surface area contributed by atoms with Gasteiger partial charge in [-0.1, -0.05) is 20.8 Å². The molecule has 1 heterocycles. The van der Waals surface area contributed by atoms with Crippen LogP contribution in [0.5, 0.6) is 0 Å². The fourth-order valence-corrected chi connectivity index (χ4v) is 2.38. The predicted octanol–water partition coefficient (Wildman–Crippen LogP) is 1.12. The summed E-state index contributed by atoms with van der Waals surface area (Å²) in [5, 5.41) is 2.81. The number of amides is 2. The van der Waals surface area contributed by atoms with Crippen LogP contribution in [0.4, 0.5) is 0 Å². The predicted molar refractivity (Wildman–Crippen MR) is 80.0 cm³/mol. The first-order chi connectivity index (χ1) is 9.21. The first-order valence-electron chi connectivity index (χ1n) is 7.53. The van der Waals surface area contributed by atoms with Crippen molar-refractivity contribution in [1.82, 2.24) is 10.2 Å². The van der Waals surface area contributed by atoms with Gasteiger partial charge < -0.3 is 16.0 Å². The third-order valence-electron chi connectivity index (χ3n) is 3.94. The largest absolute Gasteiger partial charge is 0.355 e. The van der Waals surface area contributed by atoms with Crippen molar-refractivity contribution < 1.29 is 9.59 Å². The Morgan fingerprint density at radius 3 is 2.30 bits per heavy atom. The summed E-state index contributed by atoms with van der Waals surface area (Å²) in [6.45, 7) is 9.62. The highest BCUT2D eigenvalue weighted by molar-refractivity contribution is 5.82. The zero-order valence-corrected chi connectivity index (χ0v) is 13.2. The van der Waals surface area contributed by atoms with E-state index in [-0.39, 0.29) is 17.9 Å². The Morgan fingerprint density at radius 2 is 1.85 bits per heavy atom. The van der Waals surface area contributed by atoms with Crippen LogP contribution in [0, 0.1) is 11.3 Å². The van der Waals surface area contributed by atoms with E-state index in [1.165, 1.54) is 0 Å². The molecule has 0 aromatic heterocycles. The molecular formula is C15H29N3O2. The van der Waals surface area contributed by atoms with E-state index in [9.17, 15) is 9.59 Å². The molecule has 0 bridgehead atoms. The molecule has 1 aliphatic rings. The molecule has 1 fully saturated rings. The van der Waals surface area contributed by atoms with Crippen molar-refractivity contribution in [1.29, 1.82) is 0 Å². The molecule has 0 aromatic rings. The summed E-state index contributed by atoms with van der Waals surface area (Å²) in [4.78, 5) is 25.6. The fourth-order valence-electron chi connectivity index (χ4n) is 2.38.